The Morgan fingerprint density at radius 2 is 1.56 bits per heavy atom. The van der Waals surface area contributed by atoms with Gasteiger partial charge in [0, 0.05) is 0 Å². The first-order chi connectivity index (χ1) is 12.6. The molecule has 0 aliphatic heterocycles. The van der Waals surface area contributed by atoms with E-state index >= 15 is 0 Å². The summed E-state index contributed by atoms with van der Waals surface area (Å²) in [5.74, 6) is -4.69. The summed E-state index contributed by atoms with van der Waals surface area (Å²) in [7, 11) is 0. The number of thioether (sulfide) groups is 1. The van der Waals surface area contributed by atoms with Gasteiger partial charge in [0.05, 0.1) is 19.1 Å². The predicted molar refractivity (Wildman–Crippen MR) is 94.8 cm³/mol. The summed E-state index contributed by atoms with van der Waals surface area (Å²) < 4.78 is 0. The van der Waals surface area contributed by atoms with Crippen LogP contribution in [0.5, 0.6) is 0 Å². The molecule has 0 saturated heterocycles. The van der Waals surface area contributed by atoms with Crippen molar-refractivity contribution in [2.24, 2.45) is 5.73 Å². The zero-order valence-electron chi connectivity index (χ0n) is 14.6. The van der Waals surface area contributed by atoms with Crippen LogP contribution in [0, 0.1) is 0 Å². The topological polar surface area (TPSA) is 208 Å². The second-order valence-electron chi connectivity index (χ2n) is 5.40. The minimum absolute atomic E-state index is 0.160. The fraction of sp³-hybridized carbons (Fsp3) is 0.643. The molecule has 0 radical (unpaired) electrons. The van der Waals surface area contributed by atoms with Gasteiger partial charge < -0.3 is 37.0 Å². The summed E-state index contributed by atoms with van der Waals surface area (Å²) in [6, 6.07) is -3.90. The van der Waals surface area contributed by atoms with Gasteiger partial charge in [-0.25, -0.2) is 0 Å². The summed E-state index contributed by atoms with van der Waals surface area (Å²) in [5.41, 5.74) is 5.45. The minimum Gasteiger partial charge on any atom is -0.481 e. The second-order valence-corrected chi connectivity index (χ2v) is 6.39. The monoisotopic (exact) mass is 408 g/mol. The van der Waals surface area contributed by atoms with E-state index in [1.807, 2.05) is 5.32 Å². The third-order valence-corrected chi connectivity index (χ3v) is 3.85. The van der Waals surface area contributed by atoms with Crippen LogP contribution in [0.25, 0.3) is 0 Å². The molecular weight excluding hydrogens is 384 g/mol. The van der Waals surface area contributed by atoms with E-state index < -0.39 is 67.4 Å². The van der Waals surface area contributed by atoms with Crippen molar-refractivity contribution in [3.8, 4) is 0 Å². The van der Waals surface area contributed by atoms with Crippen LogP contribution in [-0.2, 0) is 24.0 Å². The lowest BCUT2D eigenvalue weighted by atomic mass is 10.1. The van der Waals surface area contributed by atoms with E-state index in [1.54, 1.807) is 6.26 Å². The summed E-state index contributed by atoms with van der Waals surface area (Å²) in [6.07, 6.45) is 1.30. The largest absolute Gasteiger partial charge is 0.481 e. The van der Waals surface area contributed by atoms with Gasteiger partial charge in [0.25, 0.3) is 0 Å². The van der Waals surface area contributed by atoms with Gasteiger partial charge in [-0.15, -0.1) is 0 Å². The van der Waals surface area contributed by atoms with Gasteiger partial charge in [0.15, 0.2) is 0 Å². The lowest BCUT2D eigenvalue weighted by Gasteiger charge is -2.22. The number of rotatable bonds is 13. The Morgan fingerprint density at radius 1 is 0.963 bits per heavy atom. The Morgan fingerprint density at radius 3 is 2.04 bits per heavy atom. The average Bonchev–Trinajstić information content (AvgIpc) is 2.59. The fourth-order valence-electron chi connectivity index (χ4n) is 1.82. The van der Waals surface area contributed by atoms with Crippen LogP contribution in [0.3, 0.4) is 0 Å². The lowest BCUT2D eigenvalue weighted by Crippen LogP contribution is -2.57. The molecule has 0 aromatic carbocycles. The van der Waals surface area contributed by atoms with Crippen molar-refractivity contribution >= 4 is 41.4 Å². The molecule has 27 heavy (non-hydrogen) atoms. The molecule has 0 rings (SSSR count). The van der Waals surface area contributed by atoms with Crippen LogP contribution in [0.1, 0.15) is 12.8 Å². The van der Waals surface area contributed by atoms with Crippen molar-refractivity contribution in [3.05, 3.63) is 0 Å². The molecule has 8 N–H and O–H groups in total. The highest BCUT2D eigenvalue weighted by molar-refractivity contribution is 7.98. The maximum Gasteiger partial charge on any atom is 0.322 e. The highest BCUT2D eigenvalue weighted by atomic mass is 32.2. The number of hydrogen-bond acceptors (Lipinski definition) is 8. The molecule has 154 valence electrons. The van der Waals surface area contributed by atoms with Crippen LogP contribution in [0.2, 0.25) is 0 Å². The number of hydrogen-bond donors (Lipinski definition) is 7. The maximum absolute atomic E-state index is 12.3. The molecule has 0 bridgehead atoms. The third-order valence-electron chi connectivity index (χ3n) is 3.20. The zero-order chi connectivity index (χ0) is 21.0. The summed E-state index contributed by atoms with van der Waals surface area (Å²) >= 11 is 1.39. The molecule has 0 aromatic heterocycles. The number of aliphatic carboxylic acids is 2. The van der Waals surface area contributed by atoms with Crippen LogP contribution >= 0.6 is 11.8 Å². The molecule has 0 heterocycles. The van der Waals surface area contributed by atoms with E-state index in [0.717, 1.165) is 0 Å². The number of amides is 3. The van der Waals surface area contributed by atoms with Gasteiger partial charge in [0.2, 0.25) is 17.7 Å². The van der Waals surface area contributed by atoms with E-state index in [4.69, 9.17) is 15.9 Å². The number of nitrogens with one attached hydrogen (secondary N) is 3. The summed E-state index contributed by atoms with van der Waals surface area (Å²) in [6.45, 7) is -1.49. The quantitative estimate of drug-likeness (QED) is 0.161. The summed E-state index contributed by atoms with van der Waals surface area (Å²) in [4.78, 5) is 57.1. The molecule has 0 aromatic rings. The van der Waals surface area contributed by atoms with E-state index in [0.29, 0.717) is 5.75 Å². The Balaban J connectivity index is 4.96. The molecule has 3 atom stereocenters. The third kappa shape index (κ3) is 10.4. The number of nitrogens with two attached hydrogens (primary N) is 1. The Hall–Kier alpha value is -2.38. The molecule has 13 heteroatoms. The van der Waals surface area contributed by atoms with Gasteiger partial charge in [-0.3, -0.25) is 24.0 Å². The molecule has 3 amide bonds. The smallest absolute Gasteiger partial charge is 0.322 e. The van der Waals surface area contributed by atoms with Gasteiger partial charge in [0.1, 0.15) is 18.6 Å². The average molecular weight is 408 g/mol. The normalized spacial score (nSPS) is 13.7. The van der Waals surface area contributed by atoms with E-state index in [-0.39, 0.29) is 6.42 Å². The minimum atomic E-state index is -1.42. The molecule has 0 fully saturated rings. The first-order valence-corrected chi connectivity index (χ1v) is 9.19. The Labute approximate surface area is 159 Å². The highest BCUT2D eigenvalue weighted by Crippen LogP contribution is 2.03. The van der Waals surface area contributed by atoms with Crippen LogP contribution < -0.4 is 21.7 Å². The Bertz CT molecular complexity index is 559. The van der Waals surface area contributed by atoms with E-state index in [1.165, 1.54) is 11.8 Å². The number of aliphatic hydroxyl groups excluding tert-OH is 1. The number of carboxylic acids is 2. The molecule has 0 spiro atoms. The SMILES string of the molecule is CSCCC(NC(=O)C(N)CC(=O)O)C(=O)NC(CO)C(=O)NCC(=O)O. The van der Waals surface area contributed by atoms with Crippen molar-refractivity contribution < 1.29 is 39.3 Å². The van der Waals surface area contributed by atoms with Gasteiger partial charge >= 0.3 is 11.9 Å². The zero-order valence-corrected chi connectivity index (χ0v) is 15.5. The second kappa shape index (κ2) is 12.9. The van der Waals surface area contributed by atoms with Crippen molar-refractivity contribution in [2.45, 2.75) is 31.0 Å². The van der Waals surface area contributed by atoms with Gasteiger partial charge in [-0.2, -0.15) is 11.8 Å². The van der Waals surface area contributed by atoms with Crippen molar-refractivity contribution in [2.75, 3.05) is 25.2 Å². The maximum atomic E-state index is 12.3. The van der Waals surface area contributed by atoms with Crippen molar-refractivity contribution in [1.82, 2.24) is 16.0 Å². The number of carbonyl (C=O) groups is 5. The first-order valence-electron chi connectivity index (χ1n) is 7.79. The predicted octanol–water partition coefficient (Wildman–Crippen LogP) is -3.30. The fourth-order valence-corrected chi connectivity index (χ4v) is 2.29. The molecule has 0 aliphatic carbocycles. The number of aliphatic hydroxyl groups is 1. The molecule has 3 unspecified atom stereocenters. The molecule has 12 nitrogen and oxygen atoms in total. The highest BCUT2D eigenvalue weighted by Gasteiger charge is 2.28. The summed E-state index contributed by atoms with van der Waals surface area (Å²) in [5, 5.41) is 33.0. The Kier molecular flexibility index (Phi) is 11.8. The van der Waals surface area contributed by atoms with E-state index in [2.05, 4.69) is 10.6 Å². The number of carboxylic acid groups (broad SMARTS) is 2. The van der Waals surface area contributed by atoms with Crippen molar-refractivity contribution in [1.29, 1.82) is 0 Å². The molecular formula is C14H24N4O8S. The van der Waals surface area contributed by atoms with E-state index in [9.17, 15) is 29.1 Å². The standard InChI is InChI=1S/C14H24N4O8S/c1-27-3-2-8(17-12(24)7(15)4-10(20)21)14(26)18-9(6-19)13(25)16-5-11(22)23/h7-9,19H,2-6,15H2,1H3,(H,16,25)(H,17,24)(H,18,26)(H,20,21)(H,22,23). The van der Waals surface area contributed by atoms with Crippen molar-refractivity contribution in [3.63, 3.8) is 0 Å². The van der Waals surface area contributed by atoms with Gasteiger partial charge in [-0.1, -0.05) is 0 Å². The first kappa shape index (κ1) is 24.6. The lowest BCUT2D eigenvalue weighted by molar-refractivity contribution is -0.140. The number of carbonyl (C=O) groups excluding carboxylic acids is 3. The van der Waals surface area contributed by atoms with Crippen LogP contribution in [-0.4, -0.2) is 88.3 Å². The van der Waals surface area contributed by atoms with Gasteiger partial charge in [-0.05, 0) is 18.4 Å². The molecule has 0 saturated carbocycles. The molecule has 0 aliphatic rings. The van der Waals surface area contributed by atoms with Crippen LogP contribution in [0.4, 0.5) is 0 Å². The van der Waals surface area contributed by atoms with Crippen LogP contribution in [0.15, 0.2) is 0 Å².